The summed E-state index contributed by atoms with van der Waals surface area (Å²) in [4.78, 5) is 0. The van der Waals surface area contributed by atoms with E-state index in [1.807, 2.05) is 0 Å². The number of hydrogen-bond donors (Lipinski definition) is 1. The first kappa shape index (κ1) is 11.7. The van der Waals surface area contributed by atoms with E-state index < -0.39 is 15.5 Å². The first-order valence-corrected chi connectivity index (χ1v) is 5.36. The standard InChI is InChI=1S/C3H9N.4O.Tc/c1-2-3-4;;;;;/h2-4H2,1H3;;;;;/q;;;;-1;/p+1. The summed E-state index contributed by atoms with van der Waals surface area (Å²) in [6.45, 7) is 3.19. The molecule has 0 atom stereocenters. The molecule has 0 aromatic heterocycles. The van der Waals surface area contributed by atoms with Gasteiger partial charge in [0.25, 0.3) is 0 Å². The predicted octanol–water partition coefficient (Wildman–Crippen LogP) is -1.91. The van der Waals surface area contributed by atoms with Crippen LogP contribution in [0.2, 0.25) is 0 Å². The van der Waals surface area contributed by atoms with Crippen molar-refractivity contribution >= 4 is 0 Å². The fourth-order valence-electron chi connectivity index (χ4n) is 0. The summed E-state index contributed by atoms with van der Waals surface area (Å²) in [5, 5.41) is 0. The molecule has 58 valence electrons. The van der Waals surface area contributed by atoms with Gasteiger partial charge in [-0.1, -0.05) is 6.92 Å². The third-order valence-electron chi connectivity index (χ3n) is 0.354. The van der Waals surface area contributed by atoms with Gasteiger partial charge in [0.2, 0.25) is 0 Å². The molecule has 0 aliphatic rings. The summed E-state index contributed by atoms with van der Waals surface area (Å²) in [6, 6.07) is 0. The Morgan fingerprint density at radius 3 is 1.56 bits per heavy atom. The van der Waals surface area contributed by atoms with Crippen LogP contribution in [0, 0.1) is 0 Å². The Hall–Kier alpha value is -0.0306. The van der Waals surface area contributed by atoms with Gasteiger partial charge in [-0.05, 0) is 6.42 Å². The van der Waals surface area contributed by atoms with Crippen LogP contribution in [0.5, 0.6) is 0 Å². The average Bonchev–Trinajstić information content (AvgIpc) is 1.61. The summed E-state index contributed by atoms with van der Waals surface area (Å²) in [7, 11) is 0. The first-order chi connectivity index (χ1) is 3.91. The van der Waals surface area contributed by atoms with Crippen LogP contribution in [0.4, 0.5) is 0 Å². The predicted molar refractivity (Wildman–Crippen MR) is 20.1 cm³/mol. The van der Waals surface area contributed by atoms with Crippen molar-refractivity contribution in [3.05, 3.63) is 0 Å². The van der Waals surface area contributed by atoms with Crippen molar-refractivity contribution in [2.75, 3.05) is 6.54 Å². The summed E-state index contributed by atoms with van der Waals surface area (Å²) < 4.78 is 34.5. The molecule has 3 N–H and O–H groups in total. The topological polar surface area (TPSA) is 102 Å². The molecule has 0 heterocycles. The Labute approximate surface area is 56.1 Å². The Bertz CT molecular complexity index is 159. The Kier molecular flexibility index (Phi) is 7.94. The van der Waals surface area contributed by atoms with Crippen LogP contribution in [0.15, 0.2) is 0 Å². The van der Waals surface area contributed by atoms with Crippen LogP contribution >= 0.6 is 0 Å². The van der Waals surface area contributed by atoms with Crippen molar-refractivity contribution < 1.29 is 35.6 Å². The van der Waals surface area contributed by atoms with Gasteiger partial charge in [-0.2, -0.15) is 0 Å². The van der Waals surface area contributed by atoms with E-state index in [2.05, 4.69) is 12.7 Å². The van der Waals surface area contributed by atoms with E-state index in [4.69, 9.17) is 14.4 Å². The van der Waals surface area contributed by atoms with Gasteiger partial charge in [0, 0.05) is 0 Å². The van der Waals surface area contributed by atoms with Gasteiger partial charge in [-0.25, -0.2) is 0 Å². The Morgan fingerprint density at radius 1 is 1.44 bits per heavy atom. The molecule has 0 saturated carbocycles. The quantitative estimate of drug-likeness (QED) is 0.559. The van der Waals surface area contributed by atoms with Crippen molar-refractivity contribution in [1.29, 1.82) is 0 Å². The molecule has 0 aromatic carbocycles. The van der Waals surface area contributed by atoms with Gasteiger partial charge in [0.1, 0.15) is 0 Å². The zero-order valence-electron chi connectivity index (χ0n) is 5.13. The molecule has 0 bridgehead atoms. The molecule has 5 nitrogen and oxygen atoms in total. The average molecular weight is 222 g/mol. The molecule has 0 aromatic rings. The van der Waals surface area contributed by atoms with E-state index in [1.165, 1.54) is 6.42 Å². The third kappa shape index (κ3) is 302. The van der Waals surface area contributed by atoms with E-state index in [9.17, 15) is 0 Å². The molecule has 0 radical (unpaired) electrons. The van der Waals surface area contributed by atoms with E-state index in [1.54, 1.807) is 0 Å². The normalized spacial score (nSPS) is 9.67. The molecule has 0 unspecified atom stereocenters. The van der Waals surface area contributed by atoms with E-state index >= 15 is 0 Å². The summed E-state index contributed by atoms with van der Waals surface area (Å²) in [5.74, 6) is 0. The van der Waals surface area contributed by atoms with Gasteiger partial charge in [-0.3, -0.25) is 0 Å². The summed E-state index contributed by atoms with van der Waals surface area (Å²) in [6.07, 6.45) is 1.21. The minimum absolute atomic E-state index is 1.07. The Balaban J connectivity index is 0. The fraction of sp³-hybridized carbons (Fsp3) is 1.00. The van der Waals surface area contributed by atoms with E-state index in [0.717, 1.165) is 6.54 Å². The number of rotatable bonds is 1. The molecule has 0 rings (SSSR count). The molecule has 0 spiro atoms. The van der Waals surface area contributed by atoms with Crippen molar-refractivity contribution in [3.63, 3.8) is 0 Å². The summed E-state index contributed by atoms with van der Waals surface area (Å²) in [5.41, 5.74) is 3.60. The summed E-state index contributed by atoms with van der Waals surface area (Å²) >= 11 is -5.94. The zero-order chi connectivity index (χ0) is 7.91. The molecule has 9 heavy (non-hydrogen) atoms. The van der Waals surface area contributed by atoms with Crippen LogP contribution in [-0.2, 0) is 26.0 Å². The molecule has 0 aliphatic carbocycles. The van der Waals surface area contributed by atoms with Gasteiger partial charge >= 0.3 is 29.9 Å². The fourth-order valence-corrected chi connectivity index (χ4v) is 0. The second kappa shape index (κ2) is 6.09. The van der Waals surface area contributed by atoms with Gasteiger partial charge < -0.3 is 5.73 Å². The molecule has 6 heteroatoms. The maximum absolute atomic E-state index is 8.62. The Morgan fingerprint density at radius 2 is 1.56 bits per heavy atom. The van der Waals surface area contributed by atoms with Crippen LogP contribution in [-0.4, -0.2) is 6.54 Å². The second-order valence-electron chi connectivity index (χ2n) is 1.23. The van der Waals surface area contributed by atoms with Gasteiger partial charge in [0.05, 0.1) is 6.54 Å². The number of quaternary nitrogens is 1. The zero-order valence-corrected chi connectivity index (χ0v) is 6.99. The monoisotopic (exact) mass is 221 g/mol. The molecule has 0 fully saturated rings. The third-order valence-corrected chi connectivity index (χ3v) is 0.354. The van der Waals surface area contributed by atoms with Crippen molar-refractivity contribution in [3.8, 4) is 0 Å². The molecular formula is C3H10NO4Tc. The first-order valence-electron chi connectivity index (χ1n) is 2.32. The molecule has 0 amide bonds. The van der Waals surface area contributed by atoms with Gasteiger partial charge in [0.15, 0.2) is 0 Å². The molecular weight excluding hydrogens is 212 g/mol. The van der Waals surface area contributed by atoms with Crippen LogP contribution in [0.1, 0.15) is 13.3 Å². The van der Waals surface area contributed by atoms with Crippen LogP contribution < -0.4 is 9.60 Å². The minimum atomic E-state index is -5.94. The van der Waals surface area contributed by atoms with E-state index in [-0.39, 0.29) is 0 Å². The van der Waals surface area contributed by atoms with E-state index in [0.29, 0.717) is 0 Å². The van der Waals surface area contributed by atoms with Crippen LogP contribution in [0.25, 0.3) is 0 Å². The second-order valence-corrected chi connectivity index (χ2v) is 3.09. The van der Waals surface area contributed by atoms with Crippen molar-refractivity contribution in [2.45, 2.75) is 13.3 Å². The molecule has 0 aliphatic heterocycles. The van der Waals surface area contributed by atoms with Crippen molar-refractivity contribution in [2.24, 2.45) is 0 Å². The SMILES string of the molecule is CCC[NH3+].[O]=[Tc](=[O])(=[O])[O-]. The molecule has 0 saturated heterocycles. The van der Waals surface area contributed by atoms with Crippen LogP contribution in [0.3, 0.4) is 0 Å². The van der Waals surface area contributed by atoms with Gasteiger partial charge in [-0.15, -0.1) is 0 Å². The maximum atomic E-state index is 8.62. The van der Waals surface area contributed by atoms with Crippen molar-refractivity contribution in [1.82, 2.24) is 0 Å². The number of hydrogen-bond acceptors (Lipinski definition) is 4.